The van der Waals surface area contributed by atoms with Crippen LogP contribution in [0.4, 0.5) is 0 Å². The highest BCUT2D eigenvalue weighted by Gasteiger charge is 2.22. The summed E-state index contributed by atoms with van der Waals surface area (Å²) in [6, 6.07) is 0.309. The molecule has 140 valence electrons. The summed E-state index contributed by atoms with van der Waals surface area (Å²) in [4.78, 5) is 23.7. The minimum Gasteiger partial charge on any atom is -0.355 e. The van der Waals surface area contributed by atoms with Crippen molar-refractivity contribution in [1.29, 1.82) is 0 Å². The van der Waals surface area contributed by atoms with Crippen LogP contribution < -0.4 is 10.6 Å². The Balaban J connectivity index is 1.68. The molecule has 2 rings (SSSR count). The molecule has 0 spiro atoms. The Bertz CT molecular complexity index is 567. The van der Waals surface area contributed by atoms with Crippen LogP contribution in [-0.4, -0.2) is 46.1 Å². The predicted molar refractivity (Wildman–Crippen MR) is 104 cm³/mol. The first-order chi connectivity index (χ1) is 12.1. The lowest BCUT2D eigenvalue weighted by Gasteiger charge is -2.29. The average Bonchev–Trinajstić information content (AvgIpc) is 3.06. The number of carbonyl (C=O) groups is 2. The van der Waals surface area contributed by atoms with Crippen LogP contribution in [0.15, 0.2) is 8.68 Å². The highest BCUT2D eigenvalue weighted by molar-refractivity contribution is 8.03. The minimum absolute atomic E-state index is 0.0113. The standard InChI is InChI=1S/C16H26N4O2S3/c1-3-8-17-13(21)9-23-15-19-20-16(25-15)24-10-14(22)18-12-7-5-4-6-11(12)2/h11-12H,3-10H2,1-2H3,(H,17,21)(H,18,22)/t11-,12-/m0/s1. The van der Waals surface area contributed by atoms with E-state index in [1.165, 1.54) is 54.1 Å². The van der Waals surface area contributed by atoms with E-state index in [2.05, 4.69) is 27.8 Å². The predicted octanol–water partition coefficient (Wildman–Crippen LogP) is 2.94. The number of amides is 2. The third-order valence-corrected chi connectivity index (χ3v) is 7.26. The Hall–Kier alpha value is -0.800. The summed E-state index contributed by atoms with van der Waals surface area (Å²) in [6.07, 6.45) is 5.67. The molecule has 1 aliphatic carbocycles. The Morgan fingerprint density at radius 2 is 1.76 bits per heavy atom. The second-order valence-corrected chi connectivity index (χ2v) is 9.62. The number of nitrogens with zero attached hydrogens (tertiary/aromatic N) is 2. The molecule has 2 atom stereocenters. The highest BCUT2D eigenvalue weighted by Crippen LogP contribution is 2.29. The maximum absolute atomic E-state index is 12.1. The largest absolute Gasteiger partial charge is 0.355 e. The van der Waals surface area contributed by atoms with E-state index < -0.39 is 0 Å². The molecule has 25 heavy (non-hydrogen) atoms. The Morgan fingerprint density at radius 1 is 1.12 bits per heavy atom. The smallest absolute Gasteiger partial charge is 0.230 e. The van der Waals surface area contributed by atoms with E-state index in [9.17, 15) is 9.59 Å². The Morgan fingerprint density at radius 3 is 2.40 bits per heavy atom. The van der Waals surface area contributed by atoms with Crippen molar-refractivity contribution in [2.45, 2.75) is 60.7 Å². The Labute approximate surface area is 161 Å². The second-order valence-electron chi connectivity index (χ2n) is 6.20. The van der Waals surface area contributed by atoms with Crippen LogP contribution in [0.3, 0.4) is 0 Å². The molecule has 0 aliphatic heterocycles. The summed E-state index contributed by atoms with van der Waals surface area (Å²) < 4.78 is 1.53. The molecule has 0 saturated heterocycles. The zero-order chi connectivity index (χ0) is 18.1. The third kappa shape index (κ3) is 7.53. The quantitative estimate of drug-likeness (QED) is 0.618. The molecule has 1 aromatic heterocycles. The fraction of sp³-hybridized carbons (Fsp3) is 0.750. The van der Waals surface area contributed by atoms with Gasteiger partial charge in [-0.25, -0.2) is 0 Å². The van der Waals surface area contributed by atoms with Crippen molar-refractivity contribution in [3.8, 4) is 0 Å². The number of hydrogen-bond donors (Lipinski definition) is 2. The number of aromatic nitrogens is 2. The van der Waals surface area contributed by atoms with Crippen LogP contribution in [-0.2, 0) is 9.59 Å². The van der Waals surface area contributed by atoms with E-state index in [4.69, 9.17) is 0 Å². The monoisotopic (exact) mass is 402 g/mol. The van der Waals surface area contributed by atoms with Gasteiger partial charge in [0, 0.05) is 12.6 Å². The second kappa shape index (κ2) is 11.0. The van der Waals surface area contributed by atoms with Crippen molar-refractivity contribution in [2.24, 2.45) is 5.92 Å². The van der Waals surface area contributed by atoms with E-state index in [0.29, 0.717) is 30.0 Å². The van der Waals surface area contributed by atoms with Crippen molar-refractivity contribution >= 4 is 46.7 Å². The van der Waals surface area contributed by atoms with Crippen molar-refractivity contribution in [3.05, 3.63) is 0 Å². The molecular formula is C16H26N4O2S3. The van der Waals surface area contributed by atoms with Crippen LogP contribution in [0.2, 0.25) is 0 Å². The molecule has 6 nitrogen and oxygen atoms in total. The molecule has 1 aliphatic rings. The minimum atomic E-state index is 0.0113. The van der Waals surface area contributed by atoms with Crippen LogP contribution in [0, 0.1) is 5.92 Å². The first-order valence-corrected chi connectivity index (χ1v) is 11.5. The maximum atomic E-state index is 12.1. The molecule has 2 amide bonds. The zero-order valence-electron chi connectivity index (χ0n) is 14.7. The molecule has 1 aromatic rings. The van der Waals surface area contributed by atoms with Gasteiger partial charge in [-0.2, -0.15) is 0 Å². The average molecular weight is 403 g/mol. The van der Waals surface area contributed by atoms with Crippen molar-refractivity contribution in [2.75, 3.05) is 18.1 Å². The lowest BCUT2D eigenvalue weighted by atomic mass is 9.86. The van der Waals surface area contributed by atoms with Crippen LogP contribution in [0.1, 0.15) is 46.0 Å². The summed E-state index contributed by atoms with van der Waals surface area (Å²) in [5.74, 6) is 1.34. The molecular weight excluding hydrogens is 376 g/mol. The van der Waals surface area contributed by atoms with Gasteiger partial charge < -0.3 is 10.6 Å². The van der Waals surface area contributed by atoms with Gasteiger partial charge in [-0.05, 0) is 25.2 Å². The van der Waals surface area contributed by atoms with E-state index in [-0.39, 0.29) is 11.8 Å². The molecule has 1 heterocycles. The van der Waals surface area contributed by atoms with Crippen molar-refractivity contribution in [3.63, 3.8) is 0 Å². The summed E-state index contributed by atoms with van der Waals surface area (Å²) in [6.45, 7) is 4.93. The van der Waals surface area contributed by atoms with E-state index >= 15 is 0 Å². The van der Waals surface area contributed by atoms with Crippen LogP contribution in [0.25, 0.3) is 0 Å². The topological polar surface area (TPSA) is 84.0 Å². The van der Waals surface area contributed by atoms with E-state index in [1.54, 1.807) is 0 Å². The lowest BCUT2D eigenvalue weighted by molar-refractivity contribution is -0.120. The fourth-order valence-corrected chi connectivity index (χ4v) is 5.32. The molecule has 1 saturated carbocycles. The van der Waals surface area contributed by atoms with E-state index in [0.717, 1.165) is 21.5 Å². The van der Waals surface area contributed by atoms with Gasteiger partial charge in [0.15, 0.2) is 8.68 Å². The third-order valence-electron chi connectivity index (χ3n) is 4.07. The SMILES string of the molecule is CCCNC(=O)CSc1nnc(SCC(=O)N[C@H]2CCCC[C@@H]2C)s1. The molecule has 0 aromatic carbocycles. The summed E-state index contributed by atoms with van der Waals surface area (Å²) in [7, 11) is 0. The molecule has 0 unspecified atom stereocenters. The summed E-state index contributed by atoms with van der Waals surface area (Å²) in [5.41, 5.74) is 0. The zero-order valence-corrected chi connectivity index (χ0v) is 17.2. The van der Waals surface area contributed by atoms with Crippen LogP contribution in [0.5, 0.6) is 0 Å². The van der Waals surface area contributed by atoms with Gasteiger partial charge >= 0.3 is 0 Å². The molecule has 1 fully saturated rings. The molecule has 2 N–H and O–H groups in total. The Kier molecular flexibility index (Phi) is 9.05. The highest BCUT2D eigenvalue weighted by atomic mass is 32.2. The normalized spacial score (nSPS) is 20.2. The molecule has 0 radical (unpaired) electrons. The number of hydrogen-bond acceptors (Lipinski definition) is 7. The van der Waals surface area contributed by atoms with Gasteiger partial charge in [-0.1, -0.05) is 61.5 Å². The summed E-state index contributed by atoms with van der Waals surface area (Å²) >= 11 is 4.22. The maximum Gasteiger partial charge on any atom is 0.230 e. The number of carbonyl (C=O) groups excluding carboxylic acids is 2. The van der Waals surface area contributed by atoms with Crippen molar-refractivity contribution in [1.82, 2.24) is 20.8 Å². The van der Waals surface area contributed by atoms with Gasteiger partial charge in [0.2, 0.25) is 11.8 Å². The first kappa shape index (κ1) is 20.5. The van der Waals surface area contributed by atoms with Gasteiger partial charge in [0.05, 0.1) is 11.5 Å². The van der Waals surface area contributed by atoms with Gasteiger partial charge in [0.1, 0.15) is 0 Å². The van der Waals surface area contributed by atoms with Gasteiger partial charge in [-0.15, -0.1) is 10.2 Å². The van der Waals surface area contributed by atoms with E-state index in [1.807, 2.05) is 6.92 Å². The molecule has 0 bridgehead atoms. The lowest BCUT2D eigenvalue weighted by Crippen LogP contribution is -2.41. The van der Waals surface area contributed by atoms with Gasteiger partial charge in [-0.3, -0.25) is 9.59 Å². The first-order valence-electron chi connectivity index (χ1n) is 8.73. The fourth-order valence-electron chi connectivity index (χ4n) is 2.66. The number of nitrogens with one attached hydrogen (secondary N) is 2. The van der Waals surface area contributed by atoms with Crippen LogP contribution >= 0.6 is 34.9 Å². The number of thioether (sulfide) groups is 2. The number of rotatable bonds is 9. The van der Waals surface area contributed by atoms with Gasteiger partial charge in [0.25, 0.3) is 0 Å². The molecule has 9 heteroatoms. The summed E-state index contributed by atoms with van der Waals surface area (Å²) in [5, 5.41) is 14.1. The van der Waals surface area contributed by atoms with Crippen molar-refractivity contribution < 1.29 is 9.59 Å².